The Morgan fingerprint density at radius 3 is 2.60 bits per heavy atom. The molecule has 0 spiro atoms. The molecular formula is C24H29F2N3O. The van der Waals surface area contributed by atoms with Crippen LogP contribution in [0.5, 0.6) is 0 Å². The molecule has 4 nitrogen and oxygen atoms in total. The van der Waals surface area contributed by atoms with Crippen molar-refractivity contribution in [2.75, 3.05) is 29.9 Å². The van der Waals surface area contributed by atoms with E-state index < -0.39 is 11.6 Å². The number of amides is 1. The molecule has 160 valence electrons. The smallest absolute Gasteiger partial charge is 0.221 e. The fourth-order valence-electron chi connectivity index (χ4n) is 4.89. The number of nitrogens with one attached hydrogen (secondary N) is 1. The molecule has 2 aliphatic rings. The lowest BCUT2D eigenvalue weighted by molar-refractivity contribution is -0.114. The highest BCUT2D eigenvalue weighted by atomic mass is 19.1. The van der Waals surface area contributed by atoms with E-state index in [9.17, 15) is 13.6 Å². The lowest BCUT2D eigenvalue weighted by Crippen LogP contribution is -2.47. The number of carbonyl (C=O) groups excluding carboxylic acids is 1. The van der Waals surface area contributed by atoms with Crippen molar-refractivity contribution in [3.05, 3.63) is 59.2 Å². The van der Waals surface area contributed by atoms with Crippen LogP contribution in [0.15, 0.2) is 36.4 Å². The second-order valence-corrected chi connectivity index (χ2v) is 8.54. The predicted molar refractivity (Wildman–Crippen MR) is 116 cm³/mol. The van der Waals surface area contributed by atoms with Crippen LogP contribution in [0, 0.1) is 11.6 Å². The molecule has 2 heterocycles. The van der Waals surface area contributed by atoms with Crippen LogP contribution in [-0.4, -0.2) is 42.5 Å². The summed E-state index contributed by atoms with van der Waals surface area (Å²) in [5.41, 5.74) is 4.00. The molecular weight excluding hydrogens is 384 g/mol. The Morgan fingerprint density at radius 1 is 1.13 bits per heavy atom. The van der Waals surface area contributed by atoms with Gasteiger partial charge in [0.05, 0.1) is 0 Å². The first-order valence-electron chi connectivity index (χ1n) is 10.8. The Balaban J connectivity index is 1.37. The first-order valence-corrected chi connectivity index (χ1v) is 10.8. The molecule has 0 radical (unpaired) electrons. The van der Waals surface area contributed by atoms with Gasteiger partial charge in [-0.1, -0.05) is 12.1 Å². The van der Waals surface area contributed by atoms with Gasteiger partial charge < -0.3 is 15.1 Å². The Kier molecular flexibility index (Phi) is 6.04. The number of fused-ring (bicyclic) bond motifs is 1. The van der Waals surface area contributed by atoms with Gasteiger partial charge in [-0.25, -0.2) is 8.78 Å². The molecule has 6 heteroatoms. The normalized spacial score (nSPS) is 19.7. The van der Waals surface area contributed by atoms with Crippen LogP contribution in [-0.2, 0) is 17.6 Å². The molecule has 2 aromatic rings. The molecule has 4 rings (SSSR count). The van der Waals surface area contributed by atoms with E-state index in [1.54, 1.807) is 6.07 Å². The number of hydrogen-bond acceptors (Lipinski definition) is 3. The summed E-state index contributed by atoms with van der Waals surface area (Å²) in [6, 6.07) is 11.0. The molecule has 0 saturated carbocycles. The largest absolute Gasteiger partial charge is 0.365 e. The molecule has 0 aromatic heterocycles. The summed E-state index contributed by atoms with van der Waals surface area (Å²) in [5, 5.41) is 2.89. The Labute approximate surface area is 176 Å². The zero-order valence-corrected chi connectivity index (χ0v) is 17.6. The fraction of sp³-hybridized carbons (Fsp3) is 0.458. The molecule has 0 bridgehead atoms. The Bertz CT molecular complexity index is 925. The highest BCUT2D eigenvalue weighted by Crippen LogP contribution is 2.38. The lowest BCUT2D eigenvalue weighted by Gasteiger charge is -2.40. The fourth-order valence-corrected chi connectivity index (χ4v) is 4.89. The van der Waals surface area contributed by atoms with Gasteiger partial charge in [-0.2, -0.15) is 0 Å². The summed E-state index contributed by atoms with van der Waals surface area (Å²) >= 11 is 0. The molecule has 1 unspecified atom stereocenters. The van der Waals surface area contributed by atoms with Gasteiger partial charge in [0.15, 0.2) is 0 Å². The lowest BCUT2D eigenvalue weighted by atomic mass is 10.0. The molecule has 2 aliphatic heterocycles. The summed E-state index contributed by atoms with van der Waals surface area (Å²) in [4.78, 5) is 16.3. The second kappa shape index (κ2) is 8.72. The third kappa shape index (κ3) is 4.48. The van der Waals surface area contributed by atoms with Gasteiger partial charge in [-0.15, -0.1) is 0 Å². The minimum absolute atomic E-state index is 0.0570. The number of carbonyl (C=O) groups is 1. The number of anilines is 2. The summed E-state index contributed by atoms with van der Waals surface area (Å²) in [7, 11) is 0. The first-order chi connectivity index (χ1) is 14.4. The summed E-state index contributed by atoms with van der Waals surface area (Å²) in [5.74, 6) is -1.04. The van der Waals surface area contributed by atoms with Crippen LogP contribution in [0.4, 0.5) is 20.2 Å². The zero-order valence-electron chi connectivity index (χ0n) is 17.6. The third-order valence-electron chi connectivity index (χ3n) is 6.34. The van der Waals surface area contributed by atoms with E-state index in [4.69, 9.17) is 0 Å². The van der Waals surface area contributed by atoms with Gasteiger partial charge in [0.25, 0.3) is 0 Å². The molecule has 1 fully saturated rings. The number of halogens is 2. The quantitative estimate of drug-likeness (QED) is 0.790. The van der Waals surface area contributed by atoms with Crippen LogP contribution in [0.2, 0.25) is 0 Å². The number of nitrogens with zero attached hydrogens (tertiary/aromatic N) is 2. The molecule has 1 N–H and O–H groups in total. The van der Waals surface area contributed by atoms with Gasteiger partial charge in [-0.3, -0.25) is 4.79 Å². The van der Waals surface area contributed by atoms with Crippen molar-refractivity contribution < 1.29 is 13.6 Å². The summed E-state index contributed by atoms with van der Waals surface area (Å²) < 4.78 is 27.0. The first kappa shape index (κ1) is 20.8. The van der Waals surface area contributed by atoms with Crippen molar-refractivity contribution in [2.24, 2.45) is 0 Å². The average Bonchev–Trinajstić information content (AvgIpc) is 3.02. The van der Waals surface area contributed by atoms with E-state index >= 15 is 0 Å². The predicted octanol–water partition coefficient (Wildman–Crippen LogP) is 4.38. The average molecular weight is 414 g/mol. The number of hydrogen-bond donors (Lipinski definition) is 1. The minimum Gasteiger partial charge on any atom is -0.365 e. The van der Waals surface area contributed by atoms with Gasteiger partial charge >= 0.3 is 0 Å². The summed E-state index contributed by atoms with van der Waals surface area (Å²) in [6.45, 7) is 6.52. The number of likely N-dealkylation sites (tertiary alicyclic amines) is 1. The van der Waals surface area contributed by atoms with E-state index in [0.717, 1.165) is 50.7 Å². The van der Waals surface area contributed by atoms with Gasteiger partial charge in [-0.05, 0) is 61.9 Å². The molecule has 1 saturated heterocycles. The Morgan fingerprint density at radius 2 is 1.90 bits per heavy atom. The van der Waals surface area contributed by atoms with Gasteiger partial charge in [0.2, 0.25) is 5.91 Å². The van der Waals surface area contributed by atoms with Crippen LogP contribution < -0.4 is 10.2 Å². The molecule has 2 aromatic carbocycles. The number of piperidine rings is 1. The molecule has 1 amide bonds. The van der Waals surface area contributed by atoms with Crippen molar-refractivity contribution in [1.82, 2.24) is 4.90 Å². The molecule has 0 aliphatic carbocycles. The standard InChI is InChI=1S/C24H29F2N3O/c1-16-13-19-4-6-21(27-17(2)30)15-24(19)29(16)22-8-11-28(12-9-22)10-7-18-3-5-20(25)14-23(18)26/h3-6,14-16,22H,7-13H2,1-2H3,(H,27,30). The van der Waals surface area contributed by atoms with Gasteiger partial charge in [0, 0.05) is 56.1 Å². The van der Waals surface area contributed by atoms with Gasteiger partial charge in [0.1, 0.15) is 11.6 Å². The maximum atomic E-state index is 13.9. The van der Waals surface area contributed by atoms with Crippen molar-refractivity contribution in [3.8, 4) is 0 Å². The van der Waals surface area contributed by atoms with Crippen molar-refractivity contribution in [1.29, 1.82) is 0 Å². The van der Waals surface area contributed by atoms with E-state index in [-0.39, 0.29) is 5.91 Å². The molecule has 30 heavy (non-hydrogen) atoms. The number of rotatable bonds is 5. The third-order valence-corrected chi connectivity index (χ3v) is 6.34. The Hall–Kier alpha value is -2.47. The maximum absolute atomic E-state index is 13.9. The topological polar surface area (TPSA) is 35.6 Å². The van der Waals surface area contributed by atoms with Crippen molar-refractivity contribution in [2.45, 2.75) is 51.6 Å². The number of benzene rings is 2. The highest BCUT2D eigenvalue weighted by molar-refractivity contribution is 5.89. The van der Waals surface area contributed by atoms with Crippen LogP contribution in [0.1, 0.15) is 37.8 Å². The van der Waals surface area contributed by atoms with Crippen molar-refractivity contribution in [3.63, 3.8) is 0 Å². The van der Waals surface area contributed by atoms with Crippen molar-refractivity contribution >= 4 is 17.3 Å². The van der Waals surface area contributed by atoms with E-state index in [2.05, 4.69) is 34.2 Å². The van der Waals surface area contributed by atoms with E-state index in [1.165, 1.54) is 24.2 Å². The minimum atomic E-state index is -0.529. The van der Waals surface area contributed by atoms with E-state index in [0.29, 0.717) is 24.1 Å². The van der Waals surface area contributed by atoms with Crippen LogP contribution in [0.25, 0.3) is 0 Å². The highest BCUT2D eigenvalue weighted by Gasteiger charge is 2.33. The van der Waals surface area contributed by atoms with Crippen LogP contribution in [0.3, 0.4) is 0 Å². The molecule has 1 atom stereocenters. The van der Waals surface area contributed by atoms with Crippen LogP contribution >= 0.6 is 0 Å². The summed E-state index contributed by atoms with van der Waals surface area (Å²) in [6.07, 6.45) is 3.74. The SMILES string of the molecule is CC(=O)Nc1ccc2c(c1)N(C1CCN(CCc3ccc(F)cc3F)CC1)C(C)C2. The van der Waals surface area contributed by atoms with E-state index in [1.807, 2.05) is 6.07 Å². The maximum Gasteiger partial charge on any atom is 0.221 e. The monoisotopic (exact) mass is 413 g/mol. The zero-order chi connectivity index (χ0) is 21.3. The second-order valence-electron chi connectivity index (χ2n) is 8.54.